The minimum Gasteiger partial charge on any atom is -0.469 e. The number of benzene rings is 1. The summed E-state index contributed by atoms with van der Waals surface area (Å²) in [5, 5.41) is 2.85. The first-order valence-corrected chi connectivity index (χ1v) is 11.8. The van der Waals surface area contributed by atoms with E-state index >= 15 is 0 Å². The molecule has 1 aromatic carbocycles. The number of sulfonamides is 1. The molecular weight excluding hydrogens is 418 g/mol. The normalized spacial score (nSPS) is 16.0. The third-order valence-electron chi connectivity index (χ3n) is 5.55. The second-order valence-corrected chi connectivity index (χ2v) is 9.79. The van der Waals surface area contributed by atoms with Crippen molar-refractivity contribution >= 4 is 21.9 Å². The van der Waals surface area contributed by atoms with Gasteiger partial charge in [0.15, 0.2) is 0 Å². The zero-order valence-electron chi connectivity index (χ0n) is 18.1. The van der Waals surface area contributed by atoms with E-state index in [0.717, 1.165) is 30.4 Å². The quantitative estimate of drug-likeness (QED) is 0.658. The van der Waals surface area contributed by atoms with Gasteiger partial charge >= 0.3 is 5.97 Å². The predicted octanol–water partition coefficient (Wildman–Crippen LogP) is 2.54. The maximum Gasteiger partial charge on any atom is 0.307 e. The van der Waals surface area contributed by atoms with Gasteiger partial charge in [0.25, 0.3) is 5.91 Å². The molecule has 168 valence electrons. The molecule has 1 fully saturated rings. The van der Waals surface area contributed by atoms with Crippen LogP contribution in [0.25, 0.3) is 0 Å². The molecule has 8 nitrogen and oxygen atoms in total. The highest BCUT2D eigenvalue weighted by atomic mass is 32.2. The van der Waals surface area contributed by atoms with Crippen molar-refractivity contribution in [3.8, 4) is 0 Å². The van der Waals surface area contributed by atoms with Crippen LogP contribution in [-0.2, 0) is 26.6 Å². The fourth-order valence-corrected chi connectivity index (χ4v) is 5.28. The Morgan fingerprint density at radius 2 is 1.77 bits per heavy atom. The van der Waals surface area contributed by atoms with E-state index in [1.54, 1.807) is 7.05 Å². The van der Waals surface area contributed by atoms with E-state index in [4.69, 9.17) is 4.74 Å². The van der Waals surface area contributed by atoms with E-state index < -0.39 is 27.9 Å². The third kappa shape index (κ3) is 5.34. The predicted molar refractivity (Wildman–Crippen MR) is 116 cm³/mol. The summed E-state index contributed by atoms with van der Waals surface area (Å²) in [7, 11) is -0.720. The number of amides is 1. The minimum absolute atomic E-state index is 0.0331. The molecule has 0 spiro atoms. The number of nitrogens with one attached hydrogen (secondary N) is 1. The Kier molecular flexibility index (Phi) is 7.17. The lowest BCUT2D eigenvalue weighted by molar-refractivity contribution is -0.141. The maximum absolute atomic E-state index is 13.0. The fourth-order valence-electron chi connectivity index (χ4n) is 3.69. The highest BCUT2D eigenvalue weighted by Gasteiger charge is 2.29. The van der Waals surface area contributed by atoms with Crippen molar-refractivity contribution in [1.82, 2.24) is 14.2 Å². The van der Waals surface area contributed by atoms with Crippen LogP contribution in [0.4, 0.5) is 0 Å². The largest absolute Gasteiger partial charge is 0.469 e. The summed E-state index contributed by atoms with van der Waals surface area (Å²) in [6.45, 7) is 2.94. The van der Waals surface area contributed by atoms with Gasteiger partial charge in [-0.2, -0.15) is 4.31 Å². The summed E-state index contributed by atoms with van der Waals surface area (Å²) >= 11 is 0. The van der Waals surface area contributed by atoms with Gasteiger partial charge in [-0.3, -0.25) is 9.59 Å². The van der Waals surface area contributed by atoms with Crippen molar-refractivity contribution in [2.45, 2.75) is 43.5 Å². The Labute approximate surface area is 183 Å². The standard InChI is InChI=1S/C22H29N3O5S/c1-16-7-9-17(10-8-16)19(14-21(26)30-3)23-22(27)20-13-18(15-24(20)2)31(28,29)25-11-5-4-6-12-25/h7-10,13,15,19H,4-6,11-12,14H2,1-3H3,(H,23,27). The molecule has 1 atom stereocenters. The van der Waals surface area contributed by atoms with Gasteiger partial charge in [0.1, 0.15) is 10.6 Å². The van der Waals surface area contributed by atoms with Gasteiger partial charge in [0, 0.05) is 26.3 Å². The van der Waals surface area contributed by atoms with Crippen molar-refractivity contribution in [1.29, 1.82) is 0 Å². The second-order valence-electron chi connectivity index (χ2n) is 7.85. The zero-order valence-corrected chi connectivity index (χ0v) is 18.9. The number of aromatic nitrogens is 1. The molecule has 1 amide bonds. The molecule has 0 saturated carbocycles. The highest BCUT2D eigenvalue weighted by Crippen LogP contribution is 2.24. The summed E-state index contributed by atoms with van der Waals surface area (Å²) in [4.78, 5) is 25.0. The summed E-state index contributed by atoms with van der Waals surface area (Å²) in [5.74, 6) is -0.914. The average molecular weight is 448 g/mol. The molecule has 2 heterocycles. The Morgan fingerprint density at radius 1 is 1.13 bits per heavy atom. The van der Waals surface area contributed by atoms with Gasteiger partial charge in [-0.25, -0.2) is 8.42 Å². The van der Waals surface area contributed by atoms with Crippen LogP contribution >= 0.6 is 0 Å². The first-order valence-electron chi connectivity index (χ1n) is 10.3. The van der Waals surface area contributed by atoms with Gasteiger partial charge in [-0.15, -0.1) is 0 Å². The molecule has 1 saturated heterocycles. The van der Waals surface area contributed by atoms with Gasteiger partial charge in [-0.05, 0) is 31.4 Å². The van der Waals surface area contributed by atoms with Crippen molar-refractivity contribution in [2.24, 2.45) is 7.05 Å². The first kappa shape index (κ1) is 23.0. The van der Waals surface area contributed by atoms with Gasteiger partial charge in [0.2, 0.25) is 10.0 Å². The van der Waals surface area contributed by atoms with Crippen molar-refractivity contribution in [3.05, 3.63) is 53.3 Å². The minimum atomic E-state index is -3.65. The van der Waals surface area contributed by atoms with E-state index in [1.807, 2.05) is 31.2 Å². The van der Waals surface area contributed by atoms with Crippen LogP contribution in [0.5, 0.6) is 0 Å². The maximum atomic E-state index is 13.0. The van der Waals surface area contributed by atoms with Crippen LogP contribution in [0.15, 0.2) is 41.4 Å². The van der Waals surface area contributed by atoms with Crippen LogP contribution in [0.3, 0.4) is 0 Å². The van der Waals surface area contributed by atoms with Crippen LogP contribution in [0, 0.1) is 6.92 Å². The molecule has 31 heavy (non-hydrogen) atoms. The third-order valence-corrected chi connectivity index (χ3v) is 7.41. The lowest BCUT2D eigenvalue weighted by Gasteiger charge is -2.25. The van der Waals surface area contributed by atoms with Crippen molar-refractivity contribution < 1.29 is 22.7 Å². The van der Waals surface area contributed by atoms with E-state index in [9.17, 15) is 18.0 Å². The molecule has 1 aliphatic heterocycles. The molecule has 0 radical (unpaired) electrons. The van der Waals surface area contributed by atoms with Crippen molar-refractivity contribution in [2.75, 3.05) is 20.2 Å². The number of rotatable bonds is 7. The average Bonchev–Trinajstić information content (AvgIpc) is 3.17. The van der Waals surface area contributed by atoms with Crippen LogP contribution < -0.4 is 5.32 Å². The Balaban J connectivity index is 1.83. The Bertz CT molecular complexity index is 1040. The second kappa shape index (κ2) is 9.65. The zero-order chi connectivity index (χ0) is 22.6. The number of piperidine rings is 1. The van der Waals surface area contributed by atoms with Crippen LogP contribution in [0.2, 0.25) is 0 Å². The number of methoxy groups -OCH3 is 1. The Morgan fingerprint density at radius 3 is 2.39 bits per heavy atom. The molecule has 1 unspecified atom stereocenters. The molecule has 1 aromatic heterocycles. The number of aryl methyl sites for hydroxylation is 2. The van der Waals surface area contributed by atoms with Gasteiger partial charge in [-0.1, -0.05) is 36.2 Å². The first-order chi connectivity index (χ1) is 14.7. The number of nitrogens with zero attached hydrogens (tertiary/aromatic N) is 2. The lowest BCUT2D eigenvalue weighted by Crippen LogP contribution is -2.35. The van der Waals surface area contributed by atoms with Gasteiger partial charge < -0.3 is 14.6 Å². The smallest absolute Gasteiger partial charge is 0.307 e. The van der Waals surface area contributed by atoms with E-state index in [1.165, 1.54) is 28.2 Å². The van der Waals surface area contributed by atoms with Gasteiger partial charge in [0.05, 0.1) is 19.6 Å². The summed E-state index contributed by atoms with van der Waals surface area (Å²) in [6.07, 6.45) is 4.13. The van der Waals surface area contributed by atoms with Crippen LogP contribution in [0.1, 0.15) is 53.3 Å². The molecule has 3 rings (SSSR count). The number of esters is 1. The van der Waals surface area contributed by atoms with Crippen molar-refractivity contribution in [3.63, 3.8) is 0 Å². The highest BCUT2D eigenvalue weighted by molar-refractivity contribution is 7.89. The number of hydrogen-bond acceptors (Lipinski definition) is 5. The topological polar surface area (TPSA) is 97.7 Å². The number of hydrogen-bond donors (Lipinski definition) is 1. The molecule has 9 heteroatoms. The Hall–Kier alpha value is -2.65. The van der Waals surface area contributed by atoms with E-state index in [-0.39, 0.29) is 17.0 Å². The molecular formula is C22H29N3O5S. The fraction of sp³-hybridized carbons (Fsp3) is 0.455. The van der Waals surface area contributed by atoms with Crippen LogP contribution in [-0.4, -0.2) is 49.4 Å². The lowest BCUT2D eigenvalue weighted by atomic mass is 10.0. The summed E-state index contributed by atoms with van der Waals surface area (Å²) in [6, 6.07) is 8.29. The van der Waals surface area contributed by atoms with E-state index in [2.05, 4.69) is 5.32 Å². The monoisotopic (exact) mass is 447 g/mol. The SMILES string of the molecule is COC(=O)CC(NC(=O)c1cc(S(=O)(=O)N2CCCCC2)cn1C)c1ccc(C)cc1. The summed E-state index contributed by atoms with van der Waals surface area (Å²) in [5.41, 5.74) is 2.03. The summed E-state index contributed by atoms with van der Waals surface area (Å²) < 4.78 is 33.7. The number of carbonyl (C=O) groups is 2. The van der Waals surface area contributed by atoms with E-state index in [0.29, 0.717) is 13.1 Å². The number of carbonyl (C=O) groups excluding carboxylic acids is 2. The molecule has 1 N–H and O–H groups in total. The molecule has 0 bridgehead atoms. The molecule has 1 aliphatic rings. The molecule has 2 aromatic rings. The molecule has 0 aliphatic carbocycles. The number of ether oxygens (including phenoxy) is 1.